The number of hydrogen-bond acceptors (Lipinski definition) is 3. The van der Waals surface area contributed by atoms with Crippen molar-refractivity contribution in [3.63, 3.8) is 0 Å². The van der Waals surface area contributed by atoms with Gasteiger partial charge in [-0.2, -0.15) is 0 Å². The Hall–Kier alpha value is -2.53. The van der Waals surface area contributed by atoms with E-state index in [2.05, 4.69) is 77.2 Å². The van der Waals surface area contributed by atoms with Crippen molar-refractivity contribution in [1.82, 2.24) is 14.9 Å². The fourth-order valence-corrected chi connectivity index (χ4v) is 3.37. The Bertz CT molecular complexity index is 867. The second kappa shape index (κ2) is 7.57. The second-order valence-electron chi connectivity index (χ2n) is 5.92. The molecule has 1 N–H and O–H groups in total. The van der Waals surface area contributed by atoms with E-state index in [0.717, 1.165) is 22.1 Å². The van der Waals surface area contributed by atoms with Crippen molar-refractivity contribution in [2.24, 2.45) is 0 Å². The van der Waals surface area contributed by atoms with Crippen LogP contribution in [0.2, 0.25) is 0 Å². The van der Waals surface area contributed by atoms with Gasteiger partial charge in [-0.05, 0) is 26.0 Å². The molecule has 25 heavy (non-hydrogen) atoms. The number of hydrogen-bond donors (Lipinski definition) is 1. The van der Waals surface area contributed by atoms with E-state index in [1.807, 2.05) is 6.20 Å². The Balaban J connectivity index is 2.05. The third-order valence-corrected chi connectivity index (χ3v) is 4.93. The number of benzene rings is 2. The van der Waals surface area contributed by atoms with E-state index in [1.54, 1.807) is 7.05 Å². The summed E-state index contributed by atoms with van der Waals surface area (Å²) in [6.45, 7) is 4.14. The Morgan fingerprint density at radius 3 is 2.24 bits per heavy atom. The molecule has 1 amide bonds. The number of carbonyl (C=O) groups excluding carboxylic acids is 1. The molecule has 0 bridgehead atoms. The van der Waals surface area contributed by atoms with E-state index >= 15 is 0 Å². The highest BCUT2D eigenvalue weighted by atomic mass is 32.2. The average Bonchev–Trinajstić information content (AvgIpc) is 3.05. The van der Waals surface area contributed by atoms with E-state index in [9.17, 15) is 4.79 Å². The van der Waals surface area contributed by atoms with Gasteiger partial charge in [0, 0.05) is 18.3 Å². The molecule has 5 heteroatoms. The summed E-state index contributed by atoms with van der Waals surface area (Å²) in [5, 5.41) is 3.46. The zero-order chi connectivity index (χ0) is 17.8. The number of rotatable bonds is 5. The Morgan fingerprint density at radius 1 is 1.04 bits per heavy atom. The summed E-state index contributed by atoms with van der Waals surface area (Å²) in [5.74, 6) is 0.326. The molecule has 0 unspecified atom stereocenters. The Labute approximate surface area is 152 Å². The van der Waals surface area contributed by atoms with Gasteiger partial charge in [0.25, 0.3) is 0 Å². The summed E-state index contributed by atoms with van der Waals surface area (Å²) in [6, 6.07) is 16.7. The SMILES string of the molecule is CNC(=O)CSc1ncc(-c2ccc(C)cc2)n1-c1ccc(C)cc1. The first kappa shape index (κ1) is 17.3. The topological polar surface area (TPSA) is 46.9 Å². The van der Waals surface area contributed by atoms with E-state index in [-0.39, 0.29) is 5.91 Å². The minimum absolute atomic E-state index is 0.0136. The largest absolute Gasteiger partial charge is 0.358 e. The minimum atomic E-state index is -0.0136. The van der Waals surface area contributed by atoms with Crippen LogP contribution < -0.4 is 5.32 Å². The smallest absolute Gasteiger partial charge is 0.230 e. The molecule has 0 radical (unpaired) electrons. The lowest BCUT2D eigenvalue weighted by Crippen LogP contribution is -2.20. The molecule has 3 rings (SSSR count). The highest BCUT2D eigenvalue weighted by molar-refractivity contribution is 7.99. The van der Waals surface area contributed by atoms with Crippen LogP contribution in [0.1, 0.15) is 11.1 Å². The normalized spacial score (nSPS) is 10.7. The second-order valence-corrected chi connectivity index (χ2v) is 6.87. The molecule has 0 aliphatic heterocycles. The fourth-order valence-electron chi connectivity index (χ4n) is 2.51. The number of imidazole rings is 1. The molecule has 3 aromatic rings. The van der Waals surface area contributed by atoms with Gasteiger partial charge in [-0.15, -0.1) is 0 Å². The van der Waals surface area contributed by atoms with Crippen LogP contribution in [0.5, 0.6) is 0 Å². The van der Waals surface area contributed by atoms with Crippen LogP contribution in [0.15, 0.2) is 59.9 Å². The van der Waals surface area contributed by atoms with Gasteiger partial charge in [0.05, 0.1) is 17.6 Å². The zero-order valence-corrected chi connectivity index (χ0v) is 15.4. The molecule has 0 atom stereocenters. The average molecular weight is 351 g/mol. The first-order valence-corrected chi connectivity index (χ1v) is 9.12. The number of nitrogens with zero attached hydrogens (tertiary/aromatic N) is 2. The van der Waals surface area contributed by atoms with Gasteiger partial charge in [0.15, 0.2) is 5.16 Å². The predicted molar refractivity (Wildman–Crippen MR) is 103 cm³/mol. The molecule has 0 spiro atoms. The van der Waals surface area contributed by atoms with Gasteiger partial charge in [-0.3, -0.25) is 9.36 Å². The zero-order valence-electron chi connectivity index (χ0n) is 14.6. The molecule has 128 valence electrons. The summed E-state index contributed by atoms with van der Waals surface area (Å²) in [4.78, 5) is 16.2. The molecular formula is C20H21N3OS. The van der Waals surface area contributed by atoms with Gasteiger partial charge in [-0.25, -0.2) is 4.98 Å². The third-order valence-electron chi connectivity index (χ3n) is 3.98. The molecule has 0 saturated carbocycles. The molecule has 0 aliphatic carbocycles. The molecule has 0 fully saturated rings. The number of carbonyl (C=O) groups is 1. The van der Waals surface area contributed by atoms with Gasteiger partial charge in [-0.1, -0.05) is 59.3 Å². The van der Waals surface area contributed by atoms with Crippen LogP contribution >= 0.6 is 11.8 Å². The van der Waals surface area contributed by atoms with Gasteiger partial charge >= 0.3 is 0 Å². The van der Waals surface area contributed by atoms with Gasteiger partial charge < -0.3 is 5.32 Å². The summed E-state index contributed by atoms with van der Waals surface area (Å²) >= 11 is 1.44. The van der Waals surface area contributed by atoms with Crippen molar-refractivity contribution in [1.29, 1.82) is 0 Å². The first-order valence-electron chi connectivity index (χ1n) is 8.13. The number of aryl methyl sites for hydroxylation is 2. The Morgan fingerprint density at radius 2 is 1.64 bits per heavy atom. The van der Waals surface area contributed by atoms with E-state index in [0.29, 0.717) is 5.75 Å². The maximum absolute atomic E-state index is 11.6. The molecule has 1 heterocycles. The maximum atomic E-state index is 11.6. The summed E-state index contributed by atoms with van der Waals surface area (Å²) < 4.78 is 2.11. The van der Waals surface area contributed by atoms with Crippen molar-refractivity contribution < 1.29 is 4.79 Å². The number of aromatic nitrogens is 2. The molecular weight excluding hydrogens is 330 g/mol. The minimum Gasteiger partial charge on any atom is -0.358 e. The van der Waals surface area contributed by atoms with E-state index in [4.69, 9.17) is 0 Å². The van der Waals surface area contributed by atoms with Crippen LogP contribution in [0.25, 0.3) is 16.9 Å². The van der Waals surface area contributed by atoms with Crippen molar-refractivity contribution in [3.8, 4) is 16.9 Å². The van der Waals surface area contributed by atoms with Crippen molar-refractivity contribution >= 4 is 17.7 Å². The van der Waals surface area contributed by atoms with Crippen molar-refractivity contribution in [2.45, 2.75) is 19.0 Å². The molecule has 1 aromatic heterocycles. The van der Waals surface area contributed by atoms with Gasteiger partial charge in [0.2, 0.25) is 5.91 Å². The molecule has 4 nitrogen and oxygen atoms in total. The lowest BCUT2D eigenvalue weighted by molar-refractivity contribution is -0.118. The fraction of sp³-hybridized carbons (Fsp3) is 0.200. The predicted octanol–water partition coefficient (Wildman–Crippen LogP) is 3.99. The van der Waals surface area contributed by atoms with Crippen LogP contribution in [-0.2, 0) is 4.79 Å². The summed E-state index contributed by atoms with van der Waals surface area (Å²) in [6.07, 6.45) is 1.87. The Kier molecular flexibility index (Phi) is 5.24. The molecule has 2 aromatic carbocycles. The van der Waals surface area contributed by atoms with Crippen molar-refractivity contribution in [3.05, 3.63) is 65.9 Å². The summed E-state index contributed by atoms with van der Waals surface area (Å²) in [5.41, 5.74) is 5.59. The number of thioether (sulfide) groups is 1. The highest BCUT2D eigenvalue weighted by Gasteiger charge is 2.15. The van der Waals surface area contributed by atoms with E-state index in [1.165, 1.54) is 22.9 Å². The standard InChI is InChI=1S/C20H21N3OS/c1-14-4-8-16(9-5-14)18-12-22-20(25-13-19(24)21-3)23(18)17-10-6-15(2)7-11-17/h4-12H,13H2,1-3H3,(H,21,24). The highest BCUT2D eigenvalue weighted by Crippen LogP contribution is 2.30. The van der Waals surface area contributed by atoms with Gasteiger partial charge in [0.1, 0.15) is 0 Å². The molecule has 0 aliphatic rings. The molecule has 0 saturated heterocycles. The van der Waals surface area contributed by atoms with E-state index < -0.39 is 0 Å². The third kappa shape index (κ3) is 3.94. The lowest BCUT2D eigenvalue weighted by atomic mass is 10.1. The monoisotopic (exact) mass is 351 g/mol. The maximum Gasteiger partial charge on any atom is 0.230 e. The quantitative estimate of drug-likeness (QED) is 0.707. The number of amides is 1. The van der Waals surface area contributed by atoms with Crippen LogP contribution in [0.3, 0.4) is 0 Å². The number of nitrogens with one attached hydrogen (secondary N) is 1. The van der Waals surface area contributed by atoms with Crippen LogP contribution in [0, 0.1) is 13.8 Å². The first-order chi connectivity index (χ1) is 12.1. The van der Waals surface area contributed by atoms with Crippen LogP contribution in [0.4, 0.5) is 0 Å². The van der Waals surface area contributed by atoms with Crippen LogP contribution in [-0.4, -0.2) is 28.3 Å². The van der Waals surface area contributed by atoms with Crippen molar-refractivity contribution in [2.75, 3.05) is 12.8 Å². The summed E-state index contributed by atoms with van der Waals surface area (Å²) in [7, 11) is 1.65. The lowest BCUT2D eigenvalue weighted by Gasteiger charge is -2.12.